The number of nitrogens with one attached hydrogen (secondary N) is 2. The zero-order chi connectivity index (χ0) is 27.4. The van der Waals surface area contributed by atoms with Crippen LogP contribution in [0.3, 0.4) is 0 Å². The highest BCUT2D eigenvalue weighted by Gasteiger charge is 2.32. The monoisotopic (exact) mass is 563 g/mol. The summed E-state index contributed by atoms with van der Waals surface area (Å²) in [6.07, 6.45) is 1.77. The third-order valence-corrected chi connectivity index (χ3v) is 8.28. The van der Waals surface area contributed by atoms with Crippen LogP contribution >= 0.6 is 22.7 Å². The van der Waals surface area contributed by atoms with Crippen LogP contribution in [0, 0.1) is 0 Å². The Balaban J connectivity index is 1.20. The molecule has 1 atom stereocenters. The molecule has 39 heavy (non-hydrogen) atoms. The first-order valence-corrected chi connectivity index (χ1v) is 14.0. The fourth-order valence-electron chi connectivity index (χ4n) is 4.42. The van der Waals surface area contributed by atoms with Gasteiger partial charge in [0, 0.05) is 30.5 Å². The molecule has 1 saturated heterocycles. The highest BCUT2D eigenvalue weighted by Crippen LogP contribution is 2.35. The van der Waals surface area contributed by atoms with Gasteiger partial charge in [0.05, 0.1) is 28.9 Å². The van der Waals surface area contributed by atoms with Gasteiger partial charge in [0.15, 0.2) is 5.13 Å². The molecule has 0 bridgehead atoms. The molecule has 5 rings (SSSR count). The predicted octanol–water partition coefficient (Wildman–Crippen LogP) is 4.28. The summed E-state index contributed by atoms with van der Waals surface area (Å²) >= 11 is 2.52. The lowest BCUT2D eigenvalue weighted by Crippen LogP contribution is -2.34. The van der Waals surface area contributed by atoms with Gasteiger partial charge in [-0.05, 0) is 37.1 Å². The molecule has 0 saturated carbocycles. The molecule has 1 aliphatic rings. The van der Waals surface area contributed by atoms with E-state index in [-0.39, 0.29) is 36.5 Å². The minimum atomic E-state index is -0.472. The second-order valence-electron chi connectivity index (χ2n) is 8.81. The van der Waals surface area contributed by atoms with Crippen molar-refractivity contribution < 1.29 is 23.9 Å². The Morgan fingerprint density at radius 3 is 2.67 bits per heavy atom. The second kappa shape index (κ2) is 11.7. The number of aromatic nitrogens is 2. The number of methoxy groups -OCH3 is 1. The fourth-order valence-corrected chi connectivity index (χ4v) is 6.33. The van der Waals surface area contributed by atoms with E-state index in [1.165, 1.54) is 29.8 Å². The average molecular weight is 564 g/mol. The molecule has 1 fully saturated rings. The van der Waals surface area contributed by atoms with Gasteiger partial charge in [-0.1, -0.05) is 35.6 Å². The Kier molecular flexibility index (Phi) is 7.94. The van der Waals surface area contributed by atoms with Crippen LogP contribution in [0.1, 0.15) is 61.5 Å². The van der Waals surface area contributed by atoms with E-state index in [0.717, 1.165) is 12.8 Å². The number of fused-ring (bicyclic) bond motifs is 1. The number of thiazole rings is 2. The number of amides is 3. The molecule has 0 unspecified atom stereocenters. The molecule has 2 N–H and O–H groups in total. The van der Waals surface area contributed by atoms with Crippen LogP contribution < -0.4 is 10.6 Å². The molecule has 0 aliphatic carbocycles. The van der Waals surface area contributed by atoms with Gasteiger partial charge in [0.25, 0.3) is 11.8 Å². The van der Waals surface area contributed by atoms with E-state index in [0.29, 0.717) is 38.0 Å². The summed E-state index contributed by atoms with van der Waals surface area (Å²) in [5.74, 6) is -1.18. The molecule has 0 spiro atoms. The lowest BCUT2D eigenvalue weighted by Gasteiger charge is -2.23. The summed E-state index contributed by atoms with van der Waals surface area (Å²) in [6.45, 7) is 0.840. The van der Waals surface area contributed by atoms with E-state index in [1.807, 2.05) is 6.07 Å². The number of esters is 1. The first-order chi connectivity index (χ1) is 18.9. The predicted molar refractivity (Wildman–Crippen MR) is 148 cm³/mol. The van der Waals surface area contributed by atoms with E-state index >= 15 is 0 Å². The lowest BCUT2D eigenvalue weighted by atomic mass is 10.2. The Labute approximate surface area is 232 Å². The zero-order valence-electron chi connectivity index (χ0n) is 21.0. The normalized spacial score (nSPS) is 14.8. The third kappa shape index (κ3) is 5.81. The summed E-state index contributed by atoms with van der Waals surface area (Å²) in [4.78, 5) is 60.9. The molecular weight excluding hydrogens is 538 g/mol. The van der Waals surface area contributed by atoms with E-state index < -0.39 is 11.9 Å². The molecule has 0 radical (unpaired) electrons. The number of nitrogens with zero attached hydrogens (tertiary/aromatic N) is 3. The van der Waals surface area contributed by atoms with Gasteiger partial charge in [0.2, 0.25) is 5.91 Å². The molecule has 3 heterocycles. The average Bonchev–Trinajstić information content (AvgIpc) is 3.71. The first-order valence-electron chi connectivity index (χ1n) is 12.3. The number of hydrogen-bond acceptors (Lipinski definition) is 9. The first kappa shape index (κ1) is 26.4. The zero-order valence-corrected chi connectivity index (χ0v) is 22.6. The smallest absolute Gasteiger partial charge is 0.339 e. The third-order valence-electron chi connectivity index (χ3n) is 6.31. The van der Waals surface area contributed by atoms with E-state index in [4.69, 9.17) is 4.74 Å². The molecular formula is C27H25N5O5S2. The molecule has 2 aromatic heterocycles. The number of carbonyl (C=O) groups excluding carboxylic acids is 4. The molecule has 3 amide bonds. The van der Waals surface area contributed by atoms with Gasteiger partial charge < -0.3 is 15.0 Å². The number of benzene rings is 2. The molecule has 4 aromatic rings. The summed E-state index contributed by atoms with van der Waals surface area (Å²) < 4.78 is 5.45. The largest absolute Gasteiger partial charge is 0.465 e. The van der Waals surface area contributed by atoms with Crippen molar-refractivity contribution in [1.82, 2.24) is 20.2 Å². The second-order valence-corrected chi connectivity index (χ2v) is 10.7. The number of hydrogen-bond donors (Lipinski definition) is 2. The van der Waals surface area contributed by atoms with Gasteiger partial charge in [0.1, 0.15) is 10.7 Å². The maximum Gasteiger partial charge on any atom is 0.339 e. The maximum atomic E-state index is 12.9. The van der Waals surface area contributed by atoms with E-state index in [1.54, 1.807) is 52.7 Å². The van der Waals surface area contributed by atoms with Crippen LogP contribution in [0.15, 0.2) is 53.9 Å². The van der Waals surface area contributed by atoms with Gasteiger partial charge in [-0.25, -0.2) is 14.8 Å². The Morgan fingerprint density at radius 1 is 1.05 bits per heavy atom. The highest BCUT2D eigenvalue weighted by molar-refractivity contribution is 7.22. The lowest BCUT2D eigenvalue weighted by molar-refractivity contribution is -0.132. The van der Waals surface area contributed by atoms with Crippen LogP contribution in [-0.4, -0.2) is 58.8 Å². The van der Waals surface area contributed by atoms with Crippen LogP contribution in [0.25, 0.3) is 10.2 Å². The highest BCUT2D eigenvalue weighted by atomic mass is 32.1. The van der Waals surface area contributed by atoms with Crippen molar-refractivity contribution in [3.05, 3.63) is 75.7 Å². The summed E-state index contributed by atoms with van der Waals surface area (Å²) in [5, 5.41) is 8.25. The Bertz CT molecular complexity index is 1530. The SMILES string of the molecule is COC(=O)c1cccc2nc(NC(=O)c3csc([C@H]4CCCN4C(=O)CCNC(=O)c4ccccc4)n3)sc12. The Hall–Kier alpha value is -4.16. The van der Waals surface area contributed by atoms with Crippen molar-refractivity contribution in [1.29, 1.82) is 0 Å². The van der Waals surface area contributed by atoms with Crippen LogP contribution in [-0.2, 0) is 9.53 Å². The number of likely N-dealkylation sites (tertiary alicyclic amines) is 1. The quantitative estimate of drug-likeness (QED) is 0.306. The fraction of sp³-hybridized carbons (Fsp3) is 0.259. The van der Waals surface area contributed by atoms with Crippen molar-refractivity contribution in [3.8, 4) is 0 Å². The molecule has 12 heteroatoms. The number of carbonyl (C=O) groups is 4. The molecule has 200 valence electrons. The number of rotatable bonds is 8. The summed E-state index contributed by atoms with van der Waals surface area (Å²) in [7, 11) is 1.31. The van der Waals surface area contributed by atoms with Crippen molar-refractivity contribution >= 4 is 61.7 Å². The van der Waals surface area contributed by atoms with Gasteiger partial charge >= 0.3 is 5.97 Å². The van der Waals surface area contributed by atoms with Crippen LogP contribution in [0.4, 0.5) is 5.13 Å². The minimum absolute atomic E-state index is 0.0667. The summed E-state index contributed by atoms with van der Waals surface area (Å²) in [6, 6.07) is 13.8. The minimum Gasteiger partial charge on any atom is -0.465 e. The maximum absolute atomic E-state index is 12.9. The van der Waals surface area contributed by atoms with E-state index in [9.17, 15) is 19.2 Å². The topological polar surface area (TPSA) is 131 Å². The van der Waals surface area contributed by atoms with Crippen LogP contribution in [0.5, 0.6) is 0 Å². The molecule has 2 aromatic carbocycles. The standard InChI is InChI=1S/C27H25N5O5S2/c1-37-26(36)17-9-5-10-18-22(17)39-27(30-18)31-24(35)19-15-38-25(29-19)20-11-6-14-32(20)21(33)12-13-28-23(34)16-7-3-2-4-8-16/h2-5,7-10,15,20H,6,11-14H2,1H3,(H,28,34)(H,30,31,35)/t20-/m1/s1. The molecule has 1 aliphatic heterocycles. The van der Waals surface area contributed by atoms with E-state index in [2.05, 4.69) is 20.6 Å². The van der Waals surface area contributed by atoms with Crippen LogP contribution in [0.2, 0.25) is 0 Å². The Morgan fingerprint density at radius 2 is 1.87 bits per heavy atom. The van der Waals surface area contributed by atoms with Crippen molar-refractivity contribution in [2.75, 3.05) is 25.5 Å². The van der Waals surface area contributed by atoms with Gasteiger partial charge in [-0.3, -0.25) is 19.7 Å². The van der Waals surface area contributed by atoms with Gasteiger partial charge in [-0.15, -0.1) is 11.3 Å². The van der Waals surface area contributed by atoms with Gasteiger partial charge in [-0.2, -0.15) is 0 Å². The van der Waals surface area contributed by atoms with Crippen molar-refractivity contribution in [2.45, 2.75) is 25.3 Å². The van der Waals surface area contributed by atoms with Crippen molar-refractivity contribution in [3.63, 3.8) is 0 Å². The number of ether oxygens (including phenoxy) is 1. The molecule has 10 nitrogen and oxygen atoms in total. The van der Waals surface area contributed by atoms with Crippen molar-refractivity contribution in [2.24, 2.45) is 0 Å². The number of anilines is 1. The summed E-state index contributed by atoms with van der Waals surface area (Å²) in [5.41, 5.74) is 1.75.